The van der Waals surface area contributed by atoms with Crippen LogP contribution in [0.5, 0.6) is 0 Å². The van der Waals surface area contributed by atoms with E-state index >= 15 is 0 Å². The van der Waals surface area contributed by atoms with Crippen molar-refractivity contribution in [1.29, 1.82) is 0 Å². The van der Waals surface area contributed by atoms with Crippen molar-refractivity contribution in [2.45, 2.75) is 26.4 Å². The number of benzene rings is 1. The summed E-state index contributed by atoms with van der Waals surface area (Å²) in [6, 6.07) is 3.94. The Morgan fingerprint density at radius 2 is 2.06 bits per heavy atom. The van der Waals surface area contributed by atoms with Crippen LogP contribution in [0.15, 0.2) is 22.8 Å². The van der Waals surface area contributed by atoms with E-state index in [-0.39, 0.29) is 0 Å². The summed E-state index contributed by atoms with van der Waals surface area (Å²) >= 11 is 12.1. The van der Waals surface area contributed by atoms with E-state index in [1.807, 2.05) is 0 Å². The molecule has 0 radical (unpaired) electrons. The van der Waals surface area contributed by atoms with Gasteiger partial charge in [-0.2, -0.15) is 0 Å². The number of halogens is 2. The van der Waals surface area contributed by atoms with Gasteiger partial charge in [-0.15, -0.1) is 0 Å². The molecule has 0 fully saturated rings. The Morgan fingerprint density at radius 3 is 2.75 bits per heavy atom. The van der Waals surface area contributed by atoms with Gasteiger partial charge in [0.15, 0.2) is 0 Å². The summed E-state index contributed by atoms with van der Waals surface area (Å²) in [5, 5.41) is 5.50. The quantitative estimate of drug-likeness (QED) is 0.890. The zero-order valence-corrected chi connectivity index (χ0v) is 10.7. The van der Waals surface area contributed by atoms with Gasteiger partial charge in [0.2, 0.25) is 0 Å². The molecule has 0 saturated heterocycles. The van der Waals surface area contributed by atoms with Gasteiger partial charge in [-0.05, 0) is 6.07 Å². The molecule has 0 aliphatic rings. The molecule has 4 heteroatoms. The van der Waals surface area contributed by atoms with Crippen LogP contribution in [0.3, 0.4) is 0 Å². The second-order valence-corrected chi connectivity index (χ2v) is 4.90. The van der Waals surface area contributed by atoms with Crippen molar-refractivity contribution >= 4 is 34.2 Å². The van der Waals surface area contributed by atoms with E-state index in [0.717, 1.165) is 23.1 Å². The van der Waals surface area contributed by atoms with Gasteiger partial charge in [0.1, 0.15) is 5.58 Å². The number of furan rings is 1. The molecule has 86 valence electrons. The third kappa shape index (κ3) is 2.34. The molecule has 1 heterocycles. The van der Waals surface area contributed by atoms with Gasteiger partial charge in [0, 0.05) is 34.6 Å². The molecule has 2 nitrogen and oxygen atoms in total. The van der Waals surface area contributed by atoms with Crippen LogP contribution < -0.4 is 5.32 Å². The lowest BCUT2D eigenvalue weighted by Gasteiger charge is -2.06. The lowest BCUT2D eigenvalue weighted by atomic mass is 10.1. The van der Waals surface area contributed by atoms with Crippen molar-refractivity contribution in [3.8, 4) is 0 Å². The fourth-order valence-corrected chi connectivity index (χ4v) is 2.19. The second-order valence-electron chi connectivity index (χ2n) is 4.06. The highest BCUT2D eigenvalue weighted by Crippen LogP contribution is 2.31. The highest BCUT2D eigenvalue weighted by Gasteiger charge is 2.10. The van der Waals surface area contributed by atoms with E-state index in [2.05, 4.69) is 19.2 Å². The van der Waals surface area contributed by atoms with Crippen molar-refractivity contribution < 1.29 is 4.42 Å². The Kier molecular flexibility index (Phi) is 3.43. The van der Waals surface area contributed by atoms with Crippen molar-refractivity contribution in [1.82, 2.24) is 5.32 Å². The number of hydrogen-bond acceptors (Lipinski definition) is 2. The topological polar surface area (TPSA) is 25.2 Å². The maximum absolute atomic E-state index is 6.15. The fourth-order valence-electron chi connectivity index (χ4n) is 1.59. The van der Waals surface area contributed by atoms with Crippen molar-refractivity contribution in [2.75, 3.05) is 0 Å². The molecule has 2 aromatic rings. The average molecular weight is 258 g/mol. The Morgan fingerprint density at radius 1 is 1.31 bits per heavy atom. The number of hydrogen-bond donors (Lipinski definition) is 1. The largest absolute Gasteiger partial charge is 0.464 e. The summed E-state index contributed by atoms with van der Waals surface area (Å²) in [4.78, 5) is 0. The van der Waals surface area contributed by atoms with Crippen molar-refractivity contribution in [3.63, 3.8) is 0 Å². The summed E-state index contributed by atoms with van der Waals surface area (Å²) in [6.07, 6.45) is 1.72. The van der Waals surface area contributed by atoms with Crippen LogP contribution in [0.4, 0.5) is 0 Å². The summed E-state index contributed by atoms with van der Waals surface area (Å²) < 4.78 is 5.43. The standard InChI is InChI=1S/C12H13Cl2NO/c1-7(2)15-5-8-6-16-11-4-9(13)3-10(14)12(8)11/h3-4,6-7,15H,5H2,1-2H3. The summed E-state index contributed by atoms with van der Waals surface area (Å²) in [7, 11) is 0. The zero-order valence-electron chi connectivity index (χ0n) is 9.18. The first-order chi connectivity index (χ1) is 7.58. The van der Waals surface area contributed by atoms with Gasteiger partial charge < -0.3 is 9.73 Å². The molecule has 0 aliphatic carbocycles. The summed E-state index contributed by atoms with van der Waals surface area (Å²) in [5.74, 6) is 0. The Bertz CT molecular complexity index is 505. The van der Waals surface area contributed by atoms with Crippen molar-refractivity contribution in [3.05, 3.63) is 34.0 Å². The molecule has 0 unspecified atom stereocenters. The first-order valence-corrected chi connectivity index (χ1v) is 5.92. The second kappa shape index (κ2) is 4.66. The van der Waals surface area contributed by atoms with E-state index in [9.17, 15) is 0 Å². The van der Waals surface area contributed by atoms with Gasteiger partial charge in [-0.25, -0.2) is 0 Å². The molecular weight excluding hydrogens is 245 g/mol. The molecule has 0 saturated carbocycles. The van der Waals surface area contributed by atoms with Gasteiger partial charge in [-0.1, -0.05) is 37.0 Å². The molecule has 0 atom stereocenters. The van der Waals surface area contributed by atoms with E-state index in [4.69, 9.17) is 27.6 Å². The summed E-state index contributed by atoms with van der Waals surface area (Å²) in [5.41, 5.74) is 1.79. The maximum Gasteiger partial charge on any atom is 0.137 e. The zero-order chi connectivity index (χ0) is 11.7. The monoisotopic (exact) mass is 257 g/mol. The van der Waals surface area contributed by atoms with Gasteiger partial charge >= 0.3 is 0 Å². The summed E-state index contributed by atoms with van der Waals surface area (Å²) in [6.45, 7) is 4.94. The maximum atomic E-state index is 6.15. The number of fused-ring (bicyclic) bond motifs is 1. The Hall–Kier alpha value is -0.700. The van der Waals surface area contributed by atoms with Gasteiger partial charge in [0.05, 0.1) is 11.3 Å². The highest BCUT2D eigenvalue weighted by atomic mass is 35.5. The highest BCUT2D eigenvalue weighted by molar-refractivity contribution is 6.38. The first kappa shape index (κ1) is 11.8. The average Bonchev–Trinajstić information content (AvgIpc) is 2.57. The molecule has 1 N–H and O–H groups in total. The SMILES string of the molecule is CC(C)NCc1coc2cc(Cl)cc(Cl)c12. The predicted octanol–water partition coefficient (Wildman–Crippen LogP) is 4.24. The van der Waals surface area contributed by atoms with Gasteiger partial charge in [-0.3, -0.25) is 0 Å². The minimum absolute atomic E-state index is 0.427. The molecule has 1 aromatic carbocycles. The van der Waals surface area contributed by atoms with E-state index in [1.54, 1.807) is 18.4 Å². The molecule has 0 spiro atoms. The van der Waals surface area contributed by atoms with Crippen LogP contribution in [-0.2, 0) is 6.54 Å². The van der Waals surface area contributed by atoms with Crippen LogP contribution in [0, 0.1) is 0 Å². The van der Waals surface area contributed by atoms with Crippen molar-refractivity contribution in [2.24, 2.45) is 0 Å². The van der Waals surface area contributed by atoms with E-state index in [0.29, 0.717) is 16.1 Å². The molecular formula is C12H13Cl2NO. The minimum Gasteiger partial charge on any atom is -0.464 e. The Labute approximate surface area is 105 Å². The van der Waals surface area contributed by atoms with Crippen LogP contribution in [0.25, 0.3) is 11.0 Å². The molecule has 2 rings (SSSR count). The molecule has 1 aromatic heterocycles. The third-order valence-corrected chi connectivity index (χ3v) is 2.89. The van der Waals surface area contributed by atoms with Crippen LogP contribution in [-0.4, -0.2) is 6.04 Å². The first-order valence-electron chi connectivity index (χ1n) is 5.16. The Balaban J connectivity index is 2.40. The predicted molar refractivity (Wildman–Crippen MR) is 68.2 cm³/mol. The smallest absolute Gasteiger partial charge is 0.137 e. The van der Waals surface area contributed by atoms with Crippen LogP contribution >= 0.6 is 23.2 Å². The molecule has 0 amide bonds. The van der Waals surface area contributed by atoms with E-state index < -0.39 is 0 Å². The lowest BCUT2D eigenvalue weighted by Crippen LogP contribution is -2.21. The molecule has 0 bridgehead atoms. The van der Waals surface area contributed by atoms with Crippen LogP contribution in [0.1, 0.15) is 19.4 Å². The lowest BCUT2D eigenvalue weighted by molar-refractivity contribution is 0.572. The third-order valence-electron chi connectivity index (χ3n) is 2.37. The normalized spacial score (nSPS) is 11.6. The van der Waals surface area contributed by atoms with Crippen LogP contribution in [0.2, 0.25) is 10.0 Å². The number of rotatable bonds is 3. The fraction of sp³-hybridized carbons (Fsp3) is 0.333. The minimum atomic E-state index is 0.427. The number of nitrogens with one attached hydrogen (secondary N) is 1. The van der Waals surface area contributed by atoms with E-state index in [1.165, 1.54) is 0 Å². The molecule has 16 heavy (non-hydrogen) atoms. The molecule has 0 aliphatic heterocycles. The van der Waals surface area contributed by atoms with Gasteiger partial charge in [0.25, 0.3) is 0 Å².